The molecule has 39 heavy (non-hydrogen) atoms. The predicted molar refractivity (Wildman–Crippen MR) is 166 cm³/mol. The molecule has 0 unspecified atom stereocenters. The van der Waals surface area contributed by atoms with Gasteiger partial charge in [0.05, 0.1) is 47.2 Å². The molecule has 2 aromatic rings. The summed E-state index contributed by atoms with van der Waals surface area (Å²) in [6.45, 7) is 5.38. The number of rotatable bonds is 17. The monoisotopic (exact) mass is 613 g/mol. The molecular formula is C28H40ClN3O4S3. The highest BCUT2D eigenvalue weighted by molar-refractivity contribution is 8.33. The standard InChI is InChI=1S/C28H40ClN3O4S3/c1-21(20-30)17-22-18-23-26(37-22)27-24(39(23,3)4)19-25(38-27)32(2)11-14-36-28(33)31-10-13-35-16-15-34-12-8-6-5-7-9-29/h17-19H,5-16H2,1-4H3,(H,31,33)/b21-17+. The number of halogens is 1. The van der Waals surface area contributed by atoms with Crippen molar-refractivity contribution in [1.29, 1.82) is 5.26 Å². The first kappa shape index (κ1) is 31.8. The van der Waals surface area contributed by atoms with Gasteiger partial charge >= 0.3 is 6.09 Å². The largest absolute Gasteiger partial charge is 0.448 e. The van der Waals surface area contributed by atoms with Crippen LogP contribution in [0.2, 0.25) is 0 Å². The van der Waals surface area contributed by atoms with Crippen molar-refractivity contribution in [3.8, 4) is 15.8 Å². The Bertz CT molecular complexity index is 1160. The molecule has 7 nitrogen and oxygen atoms in total. The first-order chi connectivity index (χ1) is 18.8. The van der Waals surface area contributed by atoms with Crippen molar-refractivity contribution >= 4 is 61.5 Å². The van der Waals surface area contributed by atoms with Gasteiger partial charge in [0, 0.05) is 46.3 Å². The molecule has 11 heteroatoms. The number of unbranched alkanes of at least 4 members (excludes halogenated alkanes) is 3. The van der Waals surface area contributed by atoms with Gasteiger partial charge in [0.15, 0.2) is 0 Å². The second kappa shape index (κ2) is 15.9. The number of likely N-dealkylation sites (N-methyl/N-ethyl adjacent to an activating group) is 1. The maximum Gasteiger partial charge on any atom is 0.407 e. The van der Waals surface area contributed by atoms with Crippen molar-refractivity contribution in [3.63, 3.8) is 0 Å². The van der Waals surface area contributed by atoms with Crippen LogP contribution >= 0.6 is 44.3 Å². The summed E-state index contributed by atoms with van der Waals surface area (Å²) in [5.74, 6) is 0.728. The molecule has 1 N–H and O–H groups in total. The third kappa shape index (κ3) is 9.13. The zero-order chi connectivity index (χ0) is 28.3. The van der Waals surface area contributed by atoms with Gasteiger partial charge in [-0.1, -0.05) is 12.8 Å². The van der Waals surface area contributed by atoms with E-state index in [1.54, 1.807) is 22.7 Å². The highest BCUT2D eigenvalue weighted by Gasteiger charge is 2.36. The van der Waals surface area contributed by atoms with Gasteiger partial charge in [-0.25, -0.2) is 4.79 Å². The number of hydrogen-bond donors (Lipinski definition) is 1. The Morgan fingerprint density at radius 1 is 1.05 bits per heavy atom. The Morgan fingerprint density at radius 2 is 1.74 bits per heavy atom. The van der Waals surface area contributed by atoms with E-state index in [-0.39, 0.29) is 0 Å². The second-order valence-electron chi connectivity index (χ2n) is 9.70. The topological polar surface area (TPSA) is 83.8 Å². The number of allylic oxidation sites excluding steroid dienone is 1. The summed E-state index contributed by atoms with van der Waals surface area (Å²) in [6.07, 6.45) is 10.6. The highest BCUT2D eigenvalue weighted by Crippen LogP contribution is 2.71. The van der Waals surface area contributed by atoms with Crippen molar-refractivity contribution in [3.05, 3.63) is 22.6 Å². The Kier molecular flexibility index (Phi) is 13.0. The molecule has 0 saturated heterocycles. The molecule has 0 aromatic carbocycles. The number of fused-ring (bicyclic) bond motifs is 3. The average Bonchev–Trinajstić information content (AvgIpc) is 3.58. The van der Waals surface area contributed by atoms with Crippen molar-refractivity contribution in [2.24, 2.45) is 0 Å². The van der Waals surface area contributed by atoms with Crippen LogP contribution in [0.3, 0.4) is 0 Å². The number of nitrogens with one attached hydrogen (secondary N) is 1. The minimum Gasteiger partial charge on any atom is -0.448 e. The van der Waals surface area contributed by atoms with Crippen molar-refractivity contribution < 1.29 is 19.0 Å². The minimum atomic E-state index is -1.10. The maximum absolute atomic E-state index is 12.0. The van der Waals surface area contributed by atoms with Crippen LogP contribution in [-0.4, -0.2) is 77.7 Å². The van der Waals surface area contributed by atoms with Crippen LogP contribution < -0.4 is 10.2 Å². The van der Waals surface area contributed by atoms with Crippen LogP contribution in [0.1, 0.15) is 37.5 Å². The lowest BCUT2D eigenvalue weighted by Crippen LogP contribution is -2.31. The quantitative estimate of drug-likeness (QED) is 0.115. The number of carbonyl (C=O) groups is 1. The number of carbonyl (C=O) groups excluding carboxylic acids is 1. The number of alkyl halides is 1. The van der Waals surface area contributed by atoms with Gasteiger partial charge in [-0.05, 0) is 50.5 Å². The third-order valence-corrected chi connectivity index (χ3v) is 12.2. The Morgan fingerprint density at radius 3 is 2.49 bits per heavy atom. The third-order valence-electron chi connectivity index (χ3n) is 6.34. The number of alkyl carbamates (subject to hydrolysis) is 1. The van der Waals surface area contributed by atoms with Gasteiger partial charge in [0.2, 0.25) is 0 Å². The molecule has 3 heterocycles. The van der Waals surface area contributed by atoms with Crippen molar-refractivity contribution in [2.45, 2.75) is 42.4 Å². The number of amides is 1. The molecule has 2 aromatic heterocycles. The molecule has 0 saturated carbocycles. The SMILES string of the molecule is C/C(C#N)=C\c1cc2c(s1)-c1sc(N(C)CCOC(=O)NCCOCCOCCCCCCCl)cc1S2(C)C. The van der Waals surface area contributed by atoms with Gasteiger partial charge in [-0.15, -0.1) is 34.3 Å². The fourth-order valence-corrected chi connectivity index (χ4v) is 10.5. The summed E-state index contributed by atoms with van der Waals surface area (Å²) in [7, 11) is 0.931. The van der Waals surface area contributed by atoms with Crippen LogP contribution in [-0.2, 0) is 14.2 Å². The first-order valence-electron chi connectivity index (χ1n) is 13.2. The molecule has 3 rings (SSSR count). The van der Waals surface area contributed by atoms with E-state index in [9.17, 15) is 4.79 Å². The lowest BCUT2D eigenvalue weighted by atomic mass is 10.2. The Balaban J connectivity index is 1.33. The van der Waals surface area contributed by atoms with Crippen LogP contribution in [0.15, 0.2) is 27.5 Å². The molecule has 0 aliphatic carbocycles. The zero-order valence-corrected chi connectivity index (χ0v) is 26.6. The molecule has 0 radical (unpaired) electrons. The lowest BCUT2D eigenvalue weighted by Gasteiger charge is -2.26. The van der Waals surface area contributed by atoms with Crippen LogP contribution in [0.4, 0.5) is 9.80 Å². The van der Waals surface area contributed by atoms with Crippen LogP contribution in [0, 0.1) is 11.3 Å². The Hall–Kier alpha value is -1.74. The highest BCUT2D eigenvalue weighted by atomic mass is 35.5. The molecule has 0 bridgehead atoms. The number of thiophene rings is 2. The minimum absolute atomic E-state index is 0.299. The van der Waals surface area contributed by atoms with Crippen molar-refractivity contribution in [2.75, 3.05) is 76.5 Å². The summed E-state index contributed by atoms with van der Waals surface area (Å²) in [6, 6.07) is 6.76. The van der Waals surface area contributed by atoms with E-state index < -0.39 is 16.1 Å². The fourth-order valence-electron chi connectivity index (χ4n) is 4.09. The Labute approximate surface area is 247 Å². The van der Waals surface area contributed by atoms with E-state index in [2.05, 4.69) is 40.9 Å². The number of ether oxygens (including phenoxy) is 3. The second-order valence-corrected chi connectivity index (χ2v) is 15.7. The van der Waals surface area contributed by atoms with E-state index >= 15 is 0 Å². The van der Waals surface area contributed by atoms with Crippen LogP contribution in [0.5, 0.6) is 0 Å². The number of hydrogen-bond acceptors (Lipinski definition) is 8. The van der Waals surface area contributed by atoms with Gasteiger partial charge in [0.25, 0.3) is 0 Å². The van der Waals surface area contributed by atoms with E-state index in [1.807, 2.05) is 20.0 Å². The average molecular weight is 614 g/mol. The summed E-state index contributed by atoms with van der Waals surface area (Å²) >= 11 is 9.21. The van der Waals surface area contributed by atoms with Gasteiger partial charge < -0.3 is 24.4 Å². The predicted octanol–water partition coefficient (Wildman–Crippen LogP) is 7.19. The summed E-state index contributed by atoms with van der Waals surface area (Å²) < 4.78 is 16.4. The van der Waals surface area contributed by atoms with E-state index in [0.29, 0.717) is 39.5 Å². The van der Waals surface area contributed by atoms with Crippen LogP contribution in [0.25, 0.3) is 15.8 Å². The summed E-state index contributed by atoms with van der Waals surface area (Å²) in [4.78, 5) is 20.8. The first-order valence-corrected chi connectivity index (χ1v) is 17.8. The summed E-state index contributed by atoms with van der Waals surface area (Å²) in [5, 5.41) is 13.0. The number of nitriles is 1. The molecule has 1 amide bonds. The zero-order valence-electron chi connectivity index (χ0n) is 23.3. The molecule has 0 spiro atoms. The molecule has 0 fully saturated rings. The fraction of sp³-hybridized carbons (Fsp3) is 0.571. The maximum atomic E-state index is 12.0. The van der Waals surface area contributed by atoms with Gasteiger partial charge in [-0.3, -0.25) is 0 Å². The molecule has 1 aliphatic rings. The van der Waals surface area contributed by atoms with Gasteiger partial charge in [-0.2, -0.15) is 15.3 Å². The summed E-state index contributed by atoms with van der Waals surface area (Å²) in [5.41, 5.74) is 0.719. The number of nitrogens with zero attached hydrogens (tertiary/aromatic N) is 2. The van der Waals surface area contributed by atoms with Gasteiger partial charge in [0.1, 0.15) is 6.61 Å². The smallest absolute Gasteiger partial charge is 0.407 e. The molecule has 0 atom stereocenters. The van der Waals surface area contributed by atoms with E-state index in [0.717, 1.165) is 48.6 Å². The van der Waals surface area contributed by atoms with E-state index in [1.165, 1.54) is 24.5 Å². The van der Waals surface area contributed by atoms with E-state index in [4.69, 9.17) is 31.1 Å². The van der Waals surface area contributed by atoms with Crippen molar-refractivity contribution in [1.82, 2.24) is 5.32 Å². The number of anilines is 1. The molecule has 1 aliphatic heterocycles. The normalized spacial score (nSPS) is 14.4. The lowest BCUT2D eigenvalue weighted by molar-refractivity contribution is 0.0469. The molecular weight excluding hydrogens is 574 g/mol. The molecule has 216 valence electrons.